The van der Waals surface area contributed by atoms with E-state index in [1.54, 1.807) is 0 Å². The van der Waals surface area contributed by atoms with Crippen LogP contribution in [-0.4, -0.2) is 10.2 Å². The van der Waals surface area contributed by atoms with Crippen LogP contribution in [0.3, 0.4) is 0 Å². The molecule has 2 saturated carbocycles. The van der Waals surface area contributed by atoms with E-state index < -0.39 is 0 Å². The van der Waals surface area contributed by atoms with E-state index in [1.165, 1.54) is 49.7 Å². The Labute approximate surface area is 198 Å². The Bertz CT molecular complexity index is 906. The molecule has 2 N–H and O–H groups in total. The van der Waals surface area contributed by atoms with Gasteiger partial charge < -0.3 is 10.2 Å². The predicted molar refractivity (Wildman–Crippen MR) is 138 cm³/mol. The molecule has 2 aliphatic carbocycles. The molecule has 0 bridgehead atoms. The number of aromatic hydroxyl groups is 2. The second-order valence-electron chi connectivity index (χ2n) is 11.5. The molecule has 0 unspecified atom stereocenters. The third kappa shape index (κ3) is 4.18. The molecule has 0 amide bonds. The van der Waals surface area contributed by atoms with E-state index in [0.29, 0.717) is 11.5 Å². The Morgan fingerprint density at radius 3 is 1.34 bits per heavy atom. The third-order valence-electron chi connectivity index (χ3n) is 8.72. The van der Waals surface area contributed by atoms with Gasteiger partial charge in [0.1, 0.15) is 11.5 Å². The van der Waals surface area contributed by atoms with E-state index in [9.17, 15) is 10.2 Å². The van der Waals surface area contributed by atoms with Gasteiger partial charge in [0.05, 0.1) is 0 Å². The Morgan fingerprint density at radius 2 is 1.00 bits per heavy atom. The Morgan fingerprint density at radius 1 is 0.656 bits per heavy atom. The minimum atomic E-state index is -0.0633. The quantitative estimate of drug-likeness (QED) is 0.500. The Balaban J connectivity index is 0.00000204. The third-order valence-corrected chi connectivity index (χ3v) is 8.72. The second-order valence-corrected chi connectivity index (χ2v) is 11.5. The van der Waals surface area contributed by atoms with E-state index in [4.69, 9.17) is 0 Å². The van der Waals surface area contributed by atoms with Crippen LogP contribution in [0.15, 0.2) is 24.3 Å². The number of hydrogen-bond acceptors (Lipinski definition) is 2. The lowest BCUT2D eigenvalue weighted by molar-refractivity contribution is 0.306. The van der Waals surface area contributed by atoms with Crippen LogP contribution in [-0.2, 0) is 10.8 Å². The predicted octanol–water partition coefficient (Wildman–Crippen LogP) is 8.80. The number of benzene rings is 2. The summed E-state index contributed by atoms with van der Waals surface area (Å²) in [4.78, 5) is 0. The zero-order valence-corrected chi connectivity index (χ0v) is 20.9. The molecular weight excluding hydrogens is 392 g/mol. The van der Waals surface area contributed by atoms with Crippen LogP contribution < -0.4 is 0 Å². The topological polar surface area (TPSA) is 40.5 Å². The summed E-state index contributed by atoms with van der Waals surface area (Å²) in [5.74, 6) is 0.823. The molecule has 0 heterocycles. The summed E-state index contributed by atoms with van der Waals surface area (Å²) in [6, 6.07) is 8.64. The molecule has 2 heteroatoms. The highest BCUT2D eigenvalue weighted by Crippen LogP contribution is 2.49. The zero-order chi connectivity index (χ0) is 23.1. The van der Waals surface area contributed by atoms with Gasteiger partial charge in [0.25, 0.3) is 0 Å². The highest BCUT2D eigenvalue weighted by Gasteiger charge is 2.35. The van der Waals surface area contributed by atoms with E-state index in [0.717, 1.165) is 47.9 Å². The minimum Gasteiger partial charge on any atom is -0.507 e. The van der Waals surface area contributed by atoms with Gasteiger partial charge in [-0.25, -0.2) is 0 Å². The molecule has 0 aliphatic heterocycles. The maximum absolute atomic E-state index is 11.5. The molecule has 0 aromatic heterocycles. The van der Waals surface area contributed by atoms with Crippen molar-refractivity contribution in [3.63, 3.8) is 0 Å². The highest BCUT2D eigenvalue weighted by atomic mass is 16.3. The normalized spacial score (nSPS) is 20.4. The van der Waals surface area contributed by atoms with E-state index in [2.05, 4.69) is 58.9 Å². The van der Waals surface area contributed by atoms with Crippen LogP contribution >= 0.6 is 0 Å². The Kier molecular flexibility index (Phi) is 6.36. The van der Waals surface area contributed by atoms with Gasteiger partial charge in [0.2, 0.25) is 0 Å². The first kappa shape index (κ1) is 23.2. The average molecular weight is 439 g/mol. The minimum absolute atomic E-state index is 0. The van der Waals surface area contributed by atoms with Crippen molar-refractivity contribution in [3.8, 4) is 11.5 Å². The number of phenols is 2. The smallest absolute Gasteiger partial charge is 0.123 e. The van der Waals surface area contributed by atoms with Crippen molar-refractivity contribution in [1.29, 1.82) is 0 Å². The summed E-state index contributed by atoms with van der Waals surface area (Å²) in [6.45, 7) is 11.1. The van der Waals surface area contributed by atoms with Gasteiger partial charge in [-0.3, -0.25) is 0 Å². The summed E-state index contributed by atoms with van der Waals surface area (Å²) in [6.07, 6.45) is 12.1. The number of hydrogen-bond donors (Lipinski definition) is 2. The van der Waals surface area contributed by atoms with E-state index in [1.807, 2.05) is 0 Å². The fraction of sp³-hybridized carbons (Fsp3) is 0.600. The lowest BCUT2D eigenvalue weighted by Crippen LogP contribution is -2.26. The first-order valence-corrected chi connectivity index (χ1v) is 12.8. The first-order valence-electron chi connectivity index (χ1n) is 12.8. The molecule has 0 saturated heterocycles. The van der Waals surface area contributed by atoms with Gasteiger partial charge >= 0.3 is 0 Å². The van der Waals surface area contributed by atoms with Crippen LogP contribution in [0.1, 0.15) is 127 Å². The molecule has 2 aromatic carbocycles. The molecule has 0 spiro atoms. The van der Waals surface area contributed by atoms with Gasteiger partial charge in [-0.1, -0.05) is 94.7 Å². The molecular formula is C30H46O2. The lowest BCUT2D eigenvalue weighted by Gasteiger charge is -2.36. The fourth-order valence-electron chi connectivity index (χ4n) is 6.56. The standard InChI is InChI=1S/C30H42O2.2H2/c1-20-16-23(27(31)25(18-20)29(4)12-8-6-9-13-29)22(3)24-17-21(2)19-26(28(24)32)30(5)14-10-7-11-15-30;;/h16-19,22,31-32H,6-15H2,1-5H3;2*1H. The number of aryl methyl sites for hydroxylation is 2. The zero-order valence-electron chi connectivity index (χ0n) is 20.9. The summed E-state index contributed by atoms with van der Waals surface area (Å²) in [7, 11) is 0. The van der Waals surface area contributed by atoms with Crippen molar-refractivity contribution in [1.82, 2.24) is 0 Å². The average Bonchev–Trinajstić information content (AvgIpc) is 2.77. The van der Waals surface area contributed by atoms with Gasteiger partial charge in [0.15, 0.2) is 0 Å². The summed E-state index contributed by atoms with van der Waals surface area (Å²) < 4.78 is 0. The van der Waals surface area contributed by atoms with Crippen molar-refractivity contribution < 1.29 is 13.1 Å². The molecule has 0 atom stereocenters. The molecule has 2 nitrogen and oxygen atoms in total. The summed E-state index contributed by atoms with van der Waals surface area (Å²) in [5, 5.41) is 23.0. The van der Waals surface area contributed by atoms with Crippen molar-refractivity contribution in [2.24, 2.45) is 0 Å². The maximum atomic E-state index is 11.5. The van der Waals surface area contributed by atoms with Crippen molar-refractivity contribution >= 4 is 0 Å². The van der Waals surface area contributed by atoms with Gasteiger partial charge in [0, 0.05) is 31.0 Å². The van der Waals surface area contributed by atoms with Gasteiger partial charge in [-0.2, -0.15) is 0 Å². The maximum Gasteiger partial charge on any atom is 0.123 e. The molecule has 2 aromatic rings. The van der Waals surface area contributed by atoms with Crippen LogP contribution in [0.4, 0.5) is 0 Å². The summed E-state index contributed by atoms with van der Waals surface area (Å²) in [5.41, 5.74) is 6.57. The number of phenolic OH excluding ortho intramolecular Hbond substituents is 2. The van der Waals surface area contributed by atoms with Gasteiger partial charge in [-0.15, -0.1) is 0 Å². The highest BCUT2D eigenvalue weighted by molar-refractivity contribution is 5.56. The lowest BCUT2D eigenvalue weighted by atomic mass is 9.68. The molecule has 178 valence electrons. The molecule has 4 rings (SSSR count). The van der Waals surface area contributed by atoms with Crippen molar-refractivity contribution in [3.05, 3.63) is 57.6 Å². The second kappa shape index (κ2) is 8.76. The van der Waals surface area contributed by atoms with Crippen molar-refractivity contribution in [2.45, 2.75) is 116 Å². The molecule has 2 fully saturated rings. The number of rotatable bonds is 4. The molecule has 0 radical (unpaired) electrons. The molecule has 2 aliphatic rings. The van der Waals surface area contributed by atoms with E-state index >= 15 is 0 Å². The molecule has 32 heavy (non-hydrogen) atoms. The van der Waals surface area contributed by atoms with Crippen LogP contribution in [0.2, 0.25) is 0 Å². The van der Waals surface area contributed by atoms with Gasteiger partial charge in [-0.05, 0) is 50.4 Å². The fourth-order valence-corrected chi connectivity index (χ4v) is 6.56. The Hall–Kier alpha value is -1.96. The van der Waals surface area contributed by atoms with E-state index in [-0.39, 0.29) is 19.6 Å². The van der Waals surface area contributed by atoms with Crippen molar-refractivity contribution in [2.75, 3.05) is 0 Å². The van der Waals surface area contributed by atoms with Crippen LogP contribution in [0.25, 0.3) is 0 Å². The first-order chi connectivity index (χ1) is 15.1. The monoisotopic (exact) mass is 438 g/mol. The van der Waals surface area contributed by atoms with Crippen LogP contribution in [0.5, 0.6) is 11.5 Å². The summed E-state index contributed by atoms with van der Waals surface area (Å²) >= 11 is 0. The van der Waals surface area contributed by atoms with Crippen LogP contribution in [0, 0.1) is 13.8 Å². The largest absolute Gasteiger partial charge is 0.507 e. The SMILES string of the molecule is Cc1cc(C(C)c2cc(C)cc(C3(C)CCCCC3)c2O)c(O)c(C2(C)CCCCC2)c1.[HH].[HH].